The molecule has 0 aliphatic carbocycles. The van der Waals surface area contributed by atoms with E-state index in [0.717, 1.165) is 5.56 Å². The minimum Gasteiger partial charge on any atom is -0.459 e. The lowest BCUT2D eigenvalue weighted by Gasteiger charge is -1.98. The number of amides is 1. The number of H-pyrrole nitrogens is 1. The van der Waals surface area contributed by atoms with Gasteiger partial charge in [0.1, 0.15) is 0 Å². The van der Waals surface area contributed by atoms with E-state index in [-0.39, 0.29) is 5.91 Å². The van der Waals surface area contributed by atoms with Crippen molar-refractivity contribution in [3.8, 4) is 0 Å². The van der Waals surface area contributed by atoms with Gasteiger partial charge in [-0.1, -0.05) is 0 Å². The standard InChI is InChI=1S/C9H9N3O2/c1-6-2-5-14-7(6)8(13)12-9-10-3-4-11-9/h2-5H,1H3,(H2,10,11,12,13). The lowest BCUT2D eigenvalue weighted by molar-refractivity contribution is 0.0995. The van der Waals surface area contributed by atoms with Gasteiger partial charge in [0.25, 0.3) is 5.91 Å². The Bertz CT molecular complexity index is 431. The molecule has 2 N–H and O–H groups in total. The van der Waals surface area contributed by atoms with Crippen molar-refractivity contribution in [2.75, 3.05) is 5.32 Å². The normalized spacial score (nSPS) is 10.1. The number of aromatic nitrogens is 2. The van der Waals surface area contributed by atoms with Gasteiger partial charge in [-0.25, -0.2) is 4.98 Å². The summed E-state index contributed by atoms with van der Waals surface area (Å²) >= 11 is 0. The maximum atomic E-state index is 11.5. The van der Waals surface area contributed by atoms with Crippen molar-refractivity contribution in [3.05, 3.63) is 36.0 Å². The van der Waals surface area contributed by atoms with Gasteiger partial charge in [0.05, 0.1) is 6.26 Å². The molecule has 2 aromatic rings. The summed E-state index contributed by atoms with van der Waals surface area (Å²) in [5.74, 6) is 0.412. The molecule has 1 amide bonds. The summed E-state index contributed by atoms with van der Waals surface area (Å²) in [6.07, 6.45) is 4.67. The summed E-state index contributed by atoms with van der Waals surface area (Å²) < 4.78 is 5.02. The van der Waals surface area contributed by atoms with E-state index in [1.54, 1.807) is 25.4 Å². The van der Waals surface area contributed by atoms with E-state index in [1.807, 2.05) is 0 Å². The van der Waals surface area contributed by atoms with E-state index in [9.17, 15) is 4.79 Å². The summed E-state index contributed by atoms with van der Waals surface area (Å²) in [5.41, 5.74) is 0.800. The molecule has 0 fully saturated rings. The van der Waals surface area contributed by atoms with Crippen LogP contribution in [0.15, 0.2) is 29.1 Å². The van der Waals surface area contributed by atoms with Crippen LogP contribution in [0.4, 0.5) is 5.95 Å². The second-order valence-corrected chi connectivity index (χ2v) is 2.82. The second-order valence-electron chi connectivity index (χ2n) is 2.82. The Hall–Kier alpha value is -2.04. The van der Waals surface area contributed by atoms with Crippen molar-refractivity contribution in [2.45, 2.75) is 6.92 Å². The van der Waals surface area contributed by atoms with Crippen LogP contribution < -0.4 is 5.32 Å². The zero-order valence-corrected chi connectivity index (χ0v) is 7.57. The highest BCUT2D eigenvalue weighted by Gasteiger charge is 2.12. The molecular weight excluding hydrogens is 182 g/mol. The van der Waals surface area contributed by atoms with Gasteiger partial charge in [-0.3, -0.25) is 10.1 Å². The van der Waals surface area contributed by atoms with Crippen LogP contribution in [0.25, 0.3) is 0 Å². The van der Waals surface area contributed by atoms with Crippen molar-refractivity contribution < 1.29 is 9.21 Å². The number of anilines is 1. The summed E-state index contributed by atoms with van der Waals surface area (Å²) in [4.78, 5) is 18.2. The molecule has 0 unspecified atom stereocenters. The van der Waals surface area contributed by atoms with Crippen LogP contribution >= 0.6 is 0 Å². The minimum atomic E-state index is -0.303. The third-order valence-electron chi connectivity index (χ3n) is 1.80. The van der Waals surface area contributed by atoms with Crippen molar-refractivity contribution in [1.82, 2.24) is 9.97 Å². The largest absolute Gasteiger partial charge is 0.459 e. The van der Waals surface area contributed by atoms with Gasteiger partial charge in [-0.2, -0.15) is 0 Å². The highest BCUT2D eigenvalue weighted by Crippen LogP contribution is 2.10. The number of furan rings is 1. The Kier molecular flexibility index (Phi) is 2.06. The van der Waals surface area contributed by atoms with E-state index >= 15 is 0 Å². The van der Waals surface area contributed by atoms with Gasteiger partial charge in [0.15, 0.2) is 5.76 Å². The molecule has 72 valence electrons. The molecule has 0 bridgehead atoms. The molecular formula is C9H9N3O2. The number of nitrogens with zero attached hydrogens (tertiary/aromatic N) is 1. The van der Waals surface area contributed by atoms with Crippen LogP contribution in [-0.2, 0) is 0 Å². The SMILES string of the molecule is Cc1ccoc1C(=O)Nc1ncc[nH]1. The lowest BCUT2D eigenvalue weighted by atomic mass is 10.3. The molecule has 0 atom stereocenters. The average molecular weight is 191 g/mol. The van der Waals surface area contributed by atoms with E-state index < -0.39 is 0 Å². The Balaban J connectivity index is 2.14. The van der Waals surface area contributed by atoms with Crippen LogP contribution in [-0.4, -0.2) is 15.9 Å². The fourth-order valence-electron chi connectivity index (χ4n) is 1.10. The molecule has 0 saturated carbocycles. The van der Waals surface area contributed by atoms with Gasteiger partial charge in [-0.05, 0) is 13.0 Å². The Morgan fingerprint density at radius 3 is 3.07 bits per heavy atom. The Labute approximate surface area is 80.2 Å². The number of nitrogens with one attached hydrogen (secondary N) is 2. The zero-order valence-electron chi connectivity index (χ0n) is 7.57. The molecule has 2 rings (SSSR count). The molecule has 5 nitrogen and oxygen atoms in total. The maximum Gasteiger partial charge on any atom is 0.293 e. The van der Waals surface area contributed by atoms with E-state index in [0.29, 0.717) is 11.7 Å². The van der Waals surface area contributed by atoms with Crippen molar-refractivity contribution in [3.63, 3.8) is 0 Å². The first-order valence-corrected chi connectivity index (χ1v) is 4.12. The minimum absolute atomic E-state index is 0.303. The summed E-state index contributed by atoms with van der Waals surface area (Å²) in [7, 11) is 0. The third kappa shape index (κ3) is 1.52. The molecule has 0 aliphatic rings. The van der Waals surface area contributed by atoms with Gasteiger partial charge in [0.2, 0.25) is 5.95 Å². The number of aryl methyl sites for hydroxylation is 1. The molecule has 0 saturated heterocycles. The van der Waals surface area contributed by atoms with Crippen molar-refractivity contribution >= 4 is 11.9 Å². The topological polar surface area (TPSA) is 70.9 Å². The number of hydrogen-bond acceptors (Lipinski definition) is 3. The third-order valence-corrected chi connectivity index (χ3v) is 1.80. The fourth-order valence-corrected chi connectivity index (χ4v) is 1.10. The number of rotatable bonds is 2. The number of hydrogen-bond donors (Lipinski definition) is 2. The van der Waals surface area contributed by atoms with Gasteiger partial charge >= 0.3 is 0 Å². The molecule has 0 spiro atoms. The predicted molar refractivity (Wildman–Crippen MR) is 50.0 cm³/mol. The number of aromatic amines is 1. The first kappa shape index (κ1) is 8.55. The Morgan fingerprint density at radius 1 is 1.64 bits per heavy atom. The quantitative estimate of drug-likeness (QED) is 0.756. The van der Waals surface area contributed by atoms with Crippen LogP contribution in [0.2, 0.25) is 0 Å². The second kappa shape index (κ2) is 3.37. The van der Waals surface area contributed by atoms with Crippen LogP contribution in [0, 0.1) is 6.92 Å². The lowest BCUT2D eigenvalue weighted by Crippen LogP contribution is -2.12. The average Bonchev–Trinajstić information content (AvgIpc) is 2.75. The van der Waals surface area contributed by atoms with Gasteiger partial charge in [0, 0.05) is 18.0 Å². The first-order valence-electron chi connectivity index (χ1n) is 4.12. The monoisotopic (exact) mass is 191 g/mol. The summed E-state index contributed by atoms with van der Waals surface area (Å²) in [6, 6.07) is 1.73. The van der Waals surface area contributed by atoms with E-state index in [4.69, 9.17) is 4.42 Å². The molecule has 0 radical (unpaired) electrons. The smallest absolute Gasteiger partial charge is 0.293 e. The Morgan fingerprint density at radius 2 is 2.50 bits per heavy atom. The molecule has 2 aromatic heterocycles. The van der Waals surface area contributed by atoms with Crippen LogP contribution in [0.1, 0.15) is 16.1 Å². The molecule has 0 aliphatic heterocycles. The highest BCUT2D eigenvalue weighted by molar-refractivity contribution is 6.02. The van der Waals surface area contributed by atoms with Crippen LogP contribution in [0.3, 0.4) is 0 Å². The molecule has 14 heavy (non-hydrogen) atoms. The van der Waals surface area contributed by atoms with Crippen LogP contribution in [0.5, 0.6) is 0 Å². The van der Waals surface area contributed by atoms with E-state index in [2.05, 4.69) is 15.3 Å². The highest BCUT2D eigenvalue weighted by atomic mass is 16.3. The van der Waals surface area contributed by atoms with Gasteiger partial charge in [-0.15, -0.1) is 0 Å². The number of imidazole rings is 1. The summed E-state index contributed by atoms with van der Waals surface area (Å²) in [6.45, 7) is 1.81. The zero-order chi connectivity index (χ0) is 9.97. The maximum absolute atomic E-state index is 11.5. The molecule has 2 heterocycles. The predicted octanol–water partition coefficient (Wildman–Crippen LogP) is 1.56. The molecule has 5 heteroatoms. The number of carbonyl (C=O) groups is 1. The molecule has 0 aromatic carbocycles. The number of carbonyl (C=O) groups excluding carboxylic acids is 1. The van der Waals surface area contributed by atoms with Crippen molar-refractivity contribution in [2.24, 2.45) is 0 Å². The first-order chi connectivity index (χ1) is 6.77. The summed E-state index contributed by atoms with van der Waals surface area (Å²) in [5, 5.41) is 2.57. The van der Waals surface area contributed by atoms with Crippen molar-refractivity contribution in [1.29, 1.82) is 0 Å². The fraction of sp³-hybridized carbons (Fsp3) is 0.111. The van der Waals surface area contributed by atoms with Gasteiger partial charge < -0.3 is 9.40 Å². The van der Waals surface area contributed by atoms with E-state index in [1.165, 1.54) is 6.26 Å².